The minimum atomic E-state index is -0.0651. The first kappa shape index (κ1) is 15.5. The van der Waals surface area contributed by atoms with Gasteiger partial charge in [0.25, 0.3) is 5.91 Å². The van der Waals surface area contributed by atoms with Crippen LogP contribution in [-0.2, 0) is 0 Å². The van der Waals surface area contributed by atoms with E-state index in [1.165, 1.54) is 18.6 Å². The fraction of sp³-hybridized carbons (Fsp3) is 0.533. The highest BCUT2D eigenvalue weighted by molar-refractivity contribution is 8.00. The van der Waals surface area contributed by atoms with Gasteiger partial charge in [-0.25, -0.2) is 0 Å². The molecule has 1 aliphatic rings. The third kappa shape index (κ3) is 3.61. The molecule has 0 spiro atoms. The summed E-state index contributed by atoms with van der Waals surface area (Å²) in [4.78, 5) is 13.6. The number of rotatable bonds is 3. The average Bonchev–Trinajstić information content (AvgIpc) is 2.42. The van der Waals surface area contributed by atoms with E-state index in [1.54, 1.807) is 25.1 Å². The van der Waals surface area contributed by atoms with Crippen LogP contribution in [0.1, 0.15) is 30.1 Å². The maximum Gasteiger partial charge on any atom is 0.254 e. The molecule has 1 saturated heterocycles. The van der Waals surface area contributed by atoms with Gasteiger partial charge in [0.1, 0.15) is 0 Å². The molecule has 0 aliphatic carbocycles. The van der Waals surface area contributed by atoms with Gasteiger partial charge in [-0.05, 0) is 36.8 Å². The molecule has 2 atom stereocenters. The van der Waals surface area contributed by atoms with Gasteiger partial charge in [-0.2, -0.15) is 11.8 Å². The van der Waals surface area contributed by atoms with Gasteiger partial charge in [0, 0.05) is 31.1 Å². The number of carbonyl (C=O) groups excluding carboxylic acids is 1. The summed E-state index contributed by atoms with van der Waals surface area (Å²) in [6.45, 7) is 2.25. The Hall–Kier alpha value is -0.870. The second-order valence-corrected chi connectivity index (χ2v) is 7.26. The molecule has 1 heterocycles. The van der Waals surface area contributed by atoms with Crippen molar-refractivity contribution in [2.75, 3.05) is 25.2 Å². The van der Waals surface area contributed by atoms with Gasteiger partial charge < -0.3 is 10.2 Å². The minimum absolute atomic E-state index is 0.0651. The van der Waals surface area contributed by atoms with E-state index in [9.17, 15) is 4.79 Å². The zero-order valence-corrected chi connectivity index (χ0v) is 13.7. The molecule has 0 aromatic heterocycles. The van der Waals surface area contributed by atoms with Crippen LogP contribution >= 0.6 is 23.4 Å². The topological polar surface area (TPSA) is 32.3 Å². The lowest BCUT2D eigenvalue weighted by molar-refractivity contribution is 0.0828. The molecular formula is C15H21ClN2OS. The molecule has 0 bridgehead atoms. The predicted octanol–water partition coefficient (Wildman–Crippen LogP) is 3.74. The Morgan fingerprint density at radius 2 is 2.20 bits per heavy atom. The first-order valence-electron chi connectivity index (χ1n) is 6.88. The summed E-state index contributed by atoms with van der Waals surface area (Å²) in [6.07, 6.45) is 2.41. The normalized spacial score (nSPS) is 22.4. The van der Waals surface area contributed by atoms with E-state index < -0.39 is 0 Å². The average molecular weight is 313 g/mol. The number of anilines is 1. The van der Waals surface area contributed by atoms with Crippen LogP contribution in [-0.4, -0.2) is 41.9 Å². The van der Waals surface area contributed by atoms with Crippen molar-refractivity contribution in [2.24, 2.45) is 0 Å². The van der Waals surface area contributed by atoms with Crippen LogP contribution in [0.3, 0.4) is 0 Å². The summed E-state index contributed by atoms with van der Waals surface area (Å²) in [5.41, 5.74) is 1.52. The van der Waals surface area contributed by atoms with Crippen molar-refractivity contribution >= 4 is 35.0 Å². The maximum absolute atomic E-state index is 12.1. The fourth-order valence-electron chi connectivity index (χ4n) is 2.35. The summed E-state index contributed by atoms with van der Waals surface area (Å²) in [5, 5.41) is 4.63. The lowest BCUT2D eigenvalue weighted by Crippen LogP contribution is -2.32. The number of amides is 1. The minimum Gasteiger partial charge on any atom is -0.381 e. The van der Waals surface area contributed by atoms with Crippen LogP contribution in [0.2, 0.25) is 5.02 Å². The Morgan fingerprint density at radius 1 is 1.45 bits per heavy atom. The van der Waals surface area contributed by atoms with Gasteiger partial charge in [-0.15, -0.1) is 0 Å². The van der Waals surface area contributed by atoms with Gasteiger partial charge in [-0.1, -0.05) is 18.5 Å². The number of hydrogen-bond acceptors (Lipinski definition) is 3. The van der Waals surface area contributed by atoms with Gasteiger partial charge >= 0.3 is 0 Å². The Kier molecular flexibility index (Phi) is 5.22. The monoisotopic (exact) mass is 312 g/mol. The molecule has 0 radical (unpaired) electrons. The molecule has 0 saturated carbocycles. The lowest BCUT2D eigenvalue weighted by atomic mass is 10.1. The van der Waals surface area contributed by atoms with Crippen molar-refractivity contribution in [1.29, 1.82) is 0 Å². The van der Waals surface area contributed by atoms with Gasteiger partial charge in [0.2, 0.25) is 0 Å². The number of thioether (sulfide) groups is 1. The van der Waals surface area contributed by atoms with Gasteiger partial charge in [-0.3, -0.25) is 4.79 Å². The van der Waals surface area contributed by atoms with E-state index in [0.29, 0.717) is 21.9 Å². The molecule has 1 amide bonds. The van der Waals surface area contributed by atoms with Gasteiger partial charge in [0.05, 0.1) is 10.6 Å². The van der Waals surface area contributed by atoms with Crippen LogP contribution < -0.4 is 5.32 Å². The quantitative estimate of drug-likeness (QED) is 0.923. The first-order chi connectivity index (χ1) is 9.49. The van der Waals surface area contributed by atoms with Crippen molar-refractivity contribution < 1.29 is 4.79 Å². The summed E-state index contributed by atoms with van der Waals surface area (Å²) in [5.74, 6) is 1.18. The molecule has 5 heteroatoms. The Morgan fingerprint density at radius 3 is 2.85 bits per heavy atom. The molecule has 1 aromatic rings. The van der Waals surface area contributed by atoms with Crippen LogP contribution in [0.25, 0.3) is 0 Å². The number of benzene rings is 1. The summed E-state index contributed by atoms with van der Waals surface area (Å²) in [7, 11) is 3.47. The van der Waals surface area contributed by atoms with Crippen LogP contribution in [0.5, 0.6) is 0 Å². The predicted molar refractivity (Wildman–Crippen MR) is 88.0 cm³/mol. The zero-order valence-electron chi connectivity index (χ0n) is 12.1. The maximum atomic E-state index is 12.1. The standard InChI is InChI=1S/C15H21ClN2OS/c1-10-14(5-4-8-20-10)17-11-6-7-13(16)12(9-11)15(19)18(2)3/h6-7,9-10,14,17H,4-5,8H2,1-3H3. The number of halogens is 1. The molecule has 2 unspecified atom stereocenters. The summed E-state index contributed by atoms with van der Waals surface area (Å²) < 4.78 is 0. The molecule has 110 valence electrons. The van der Waals surface area contributed by atoms with E-state index in [4.69, 9.17) is 11.6 Å². The largest absolute Gasteiger partial charge is 0.381 e. The first-order valence-corrected chi connectivity index (χ1v) is 8.31. The number of hydrogen-bond donors (Lipinski definition) is 1. The lowest BCUT2D eigenvalue weighted by Gasteiger charge is -2.30. The molecule has 1 fully saturated rings. The second kappa shape index (κ2) is 6.72. The SMILES string of the molecule is CC1SCCCC1Nc1ccc(Cl)c(C(=O)N(C)C)c1. The van der Waals surface area contributed by atoms with Crippen LogP contribution in [0, 0.1) is 0 Å². The zero-order chi connectivity index (χ0) is 14.7. The summed E-state index contributed by atoms with van der Waals surface area (Å²) in [6, 6.07) is 6.05. The van der Waals surface area contributed by atoms with Crippen molar-refractivity contribution in [2.45, 2.75) is 31.1 Å². The molecule has 2 rings (SSSR count). The van der Waals surface area contributed by atoms with E-state index in [-0.39, 0.29) is 5.91 Å². The van der Waals surface area contributed by atoms with Crippen molar-refractivity contribution in [3.05, 3.63) is 28.8 Å². The number of carbonyl (C=O) groups is 1. The van der Waals surface area contributed by atoms with E-state index in [0.717, 1.165) is 5.69 Å². The third-order valence-electron chi connectivity index (χ3n) is 3.56. The highest BCUT2D eigenvalue weighted by Crippen LogP contribution is 2.29. The van der Waals surface area contributed by atoms with Crippen LogP contribution in [0.15, 0.2) is 18.2 Å². The summed E-state index contributed by atoms with van der Waals surface area (Å²) >= 11 is 8.13. The molecule has 20 heavy (non-hydrogen) atoms. The number of nitrogens with one attached hydrogen (secondary N) is 1. The fourth-order valence-corrected chi connectivity index (χ4v) is 3.69. The molecular weight excluding hydrogens is 292 g/mol. The molecule has 3 nitrogen and oxygen atoms in total. The van der Waals surface area contributed by atoms with Crippen molar-refractivity contribution in [1.82, 2.24) is 4.90 Å². The Bertz CT molecular complexity index is 493. The van der Waals surface area contributed by atoms with Crippen molar-refractivity contribution in [3.63, 3.8) is 0 Å². The molecule has 1 aliphatic heterocycles. The van der Waals surface area contributed by atoms with Crippen molar-refractivity contribution in [3.8, 4) is 0 Å². The molecule has 1 N–H and O–H groups in total. The van der Waals surface area contributed by atoms with E-state index >= 15 is 0 Å². The second-order valence-electron chi connectivity index (χ2n) is 5.36. The van der Waals surface area contributed by atoms with E-state index in [1.807, 2.05) is 23.9 Å². The smallest absolute Gasteiger partial charge is 0.254 e. The highest BCUT2D eigenvalue weighted by atomic mass is 35.5. The Labute approximate surface area is 130 Å². The molecule has 1 aromatic carbocycles. The number of nitrogens with zero attached hydrogens (tertiary/aromatic N) is 1. The third-order valence-corrected chi connectivity index (χ3v) is 5.27. The van der Waals surface area contributed by atoms with E-state index in [2.05, 4.69) is 12.2 Å². The Balaban J connectivity index is 2.16. The van der Waals surface area contributed by atoms with Gasteiger partial charge in [0.15, 0.2) is 0 Å². The van der Waals surface area contributed by atoms with Crippen LogP contribution in [0.4, 0.5) is 5.69 Å². The highest BCUT2D eigenvalue weighted by Gasteiger charge is 2.22.